The molecular formula is C14H20O2. The van der Waals surface area contributed by atoms with E-state index in [-0.39, 0.29) is 12.1 Å². The first kappa shape index (κ1) is 11.4. The molecule has 0 aromatic heterocycles. The number of carbonyl (C=O) groups is 1. The van der Waals surface area contributed by atoms with Crippen molar-refractivity contribution < 1.29 is 9.53 Å². The van der Waals surface area contributed by atoms with Crippen molar-refractivity contribution in [1.82, 2.24) is 0 Å². The minimum atomic E-state index is -0.260. The van der Waals surface area contributed by atoms with E-state index in [2.05, 4.69) is 27.4 Å². The van der Waals surface area contributed by atoms with Gasteiger partial charge in [0.1, 0.15) is 6.10 Å². The molecule has 0 aromatic rings. The van der Waals surface area contributed by atoms with Crippen LogP contribution in [0.2, 0.25) is 0 Å². The second-order valence-electron chi connectivity index (χ2n) is 5.69. The van der Waals surface area contributed by atoms with Crippen LogP contribution in [0.5, 0.6) is 0 Å². The Morgan fingerprint density at radius 2 is 2.12 bits per heavy atom. The third kappa shape index (κ3) is 1.51. The average molecular weight is 220 g/mol. The molecule has 0 heterocycles. The second kappa shape index (κ2) is 3.47. The fourth-order valence-corrected chi connectivity index (χ4v) is 2.92. The first-order valence-electron chi connectivity index (χ1n) is 5.90. The largest absolute Gasteiger partial charge is 0.454 e. The number of allylic oxidation sites excluding steroid dienone is 1. The van der Waals surface area contributed by atoms with E-state index in [9.17, 15) is 4.79 Å². The van der Waals surface area contributed by atoms with Crippen LogP contribution in [0.1, 0.15) is 40.5 Å². The zero-order chi connectivity index (χ0) is 12.1. The van der Waals surface area contributed by atoms with Gasteiger partial charge in [-0.2, -0.15) is 0 Å². The van der Waals surface area contributed by atoms with E-state index in [1.807, 2.05) is 0 Å². The van der Waals surface area contributed by atoms with Gasteiger partial charge in [-0.1, -0.05) is 26.0 Å². The van der Waals surface area contributed by atoms with Crippen molar-refractivity contribution >= 4 is 5.97 Å². The molecule has 2 nitrogen and oxygen atoms in total. The Kier molecular flexibility index (Phi) is 2.48. The maximum atomic E-state index is 11.5. The van der Waals surface area contributed by atoms with E-state index in [0.717, 1.165) is 6.42 Å². The van der Waals surface area contributed by atoms with Crippen LogP contribution in [0.4, 0.5) is 0 Å². The molecule has 1 fully saturated rings. The van der Waals surface area contributed by atoms with Gasteiger partial charge >= 0.3 is 5.97 Å². The lowest BCUT2D eigenvalue weighted by atomic mass is 9.52. The van der Waals surface area contributed by atoms with E-state index in [0.29, 0.717) is 16.9 Å². The van der Waals surface area contributed by atoms with Crippen molar-refractivity contribution in [3.63, 3.8) is 0 Å². The molecule has 3 rings (SSSR count). The molecule has 0 radical (unpaired) electrons. The van der Waals surface area contributed by atoms with Gasteiger partial charge in [0.25, 0.3) is 0 Å². The quantitative estimate of drug-likeness (QED) is 0.405. The van der Waals surface area contributed by atoms with E-state index in [4.69, 9.17) is 4.74 Å². The highest BCUT2D eigenvalue weighted by Crippen LogP contribution is 2.58. The van der Waals surface area contributed by atoms with Crippen LogP contribution in [0.3, 0.4) is 0 Å². The zero-order valence-electron chi connectivity index (χ0n) is 10.6. The monoisotopic (exact) mass is 220 g/mol. The number of esters is 1. The molecule has 2 atom stereocenters. The summed E-state index contributed by atoms with van der Waals surface area (Å²) in [7, 11) is 0. The molecule has 88 valence electrons. The van der Waals surface area contributed by atoms with Gasteiger partial charge in [-0.15, -0.1) is 0 Å². The summed E-state index contributed by atoms with van der Waals surface area (Å²) in [5, 5.41) is 0. The van der Waals surface area contributed by atoms with Crippen LogP contribution in [0, 0.1) is 11.3 Å². The number of carbonyl (C=O) groups excluding carboxylic acids is 1. The van der Waals surface area contributed by atoms with Crippen LogP contribution in [0.25, 0.3) is 0 Å². The third-order valence-electron chi connectivity index (χ3n) is 4.30. The first-order valence-corrected chi connectivity index (χ1v) is 5.90. The Morgan fingerprint density at radius 1 is 1.50 bits per heavy atom. The van der Waals surface area contributed by atoms with Gasteiger partial charge in [-0.3, -0.25) is 0 Å². The molecular weight excluding hydrogens is 200 g/mol. The van der Waals surface area contributed by atoms with Gasteiger partial charge in [0.2, 0.25) is 0 Å². The van der Waals surface area contributed by atoms with E-state index >= 15 is 0 Å². The summed E-state index contributed by atoms with van der Waals surface area (Å²) in [6, 6.07) is 0. The SMILES string of the molecule is C=C(C)C(=O)OC1CC2CC(=C1C)C2(C)C. The molecule has 2 unspecified atom stereocenters. The predicted molar refractivity (Wildman–Crippen MR) is 63.9 cm³/mol. The van der Waals surface area contributed by atoms with Gasteiger partial charge < -0.3 is 4.74 Å². The standard InChI is InChI=1S/C14H20O2/c1-8(2)13(15)16-12-7-10-6-11(9(12)3)14(10,4)5/h10,12H,1,6-7H2,2-5H3. The molecule has 1 saturated carbocycles. The minimum absolute atomic E-state index is 0.00836. The summed E-state index contributed by atoms with van der Waals surface area (Å²) in [4.78, 5) is 11.5. The van der Waals surface area contributed by atoms with Crippen LogP contribution in [-0.4, -0.2) is 12.1 Å². The molecule has 3 aliphatic carbocycles. The van der Waals surface area contributed by atoms with Crippen molar-refractivity contribution in [2.24, 2.45) is 11.3 Å². The number of hydrogen-bond donors (Lipinski definition) is 0. The summed E-state index contributed by atoms with van der Waals surface area (Å²) in [6.45, 7) is 12.0. The molecule has 0 aromatic carbocycles. The van der Waals surface area contributed by atoms with Gasteiger partial charge in [-0.25, -0.2) is 4.79 Å². The Morgan fingerprint density at radius 3 is 2.56 bits per heavy atom. The molecule has 0 spiro atoms. The summed E-state index contributed by atoms with van der Waals surface area (Å²) < 4.78 is 5.46. The molecule has 0 saturated heterocycles. The minimum Gasteiger partial charge on any atom is -0.454 e. The molecule has 0 amide bonds. The lowest BCUT2D eigenvalue weighted by molar-refractivity contribution is -0.145. The topological polar surface area (TPSA) is 26.3 Å². The first-order chi connectivity index (χ1) is 7.34. The maximum absolute atomic E-state index is 11.5. The van der Waals surface area contributed by atoms with Crippen LogP contribution in [0.15, 0.2) is 23.3 Å². The Balaban J connectivity index is 2.14. The summed E-state index contributed by atoms with van der Waals surface area (Å²) in [5.74, 6) is 0.415. The number of rotatable bonds is 2. The van der Waals surface area contributed by atoms with Crippen molar-refractivity contribution in [1.29, 1.82) is 0 Å². The summed E-state index contributed by atoms with van der Waals surface area (Å²) >= 11 is 0. The molecule has 0 N–H and O–H groups in total. The fourth-order valence-electron chi connectivity index (χ4n) is 2.92. The van der Waals surface area contributed by atoms with Crippen LogP contribution >= 0.6 is 0 Å². The van der Waals surface area contributed by atoms with E-state index in [1.54, 1.807) is 6.92 Å². The van der Waals surface area contributed by atoms with E-state index in [1.165, 1.54) is 17.6 Å². The fraction of sp³-hybridized carbons (Fsp3) is 0.643. The highest BCUT2D eigenvalue weighted by molar-refractivity contribution is 5.87. The molecule has 0 aliphatic heterocycles. The van der Waals surface area contributed by atoms with Gasteiger partial charge in [0.05, 0.1) is 0 Å². The smallest absolute Gasteiger partial charge is 0.333 e. The Hall–Kier alpha value is -1.05. The second-order valence-corrected chi connectivity index (χ2v) is 5.69. The van der Waals surface area contributed by atoms with Crippen LogP contribution < -0.4 is 0 Å². The van der Waals surface area contributed by atoms with Crippen molar-refractivity contribution in [2.45, 2.75) is 46.6 Å². The molecule has 2 bridgehead atoms. The molecule has 2 heteroatoms. The lowest BCUT2D eigenvalue weighted by Gasteiger charge is -2.54. The van der Waals surface area contributed by atoms with Gasteiger partial charge in [-0.05, 0) is 43.6 Å². The van der Waals surface area contributed by atoms with Crippen molar-refractivity contribution in [3.8, 4) is 0 Å². The normalized spacial score (nSPS) is 30.8. The maximum Gasteiger partial charge on any atom is 0.333 e. The van der Waals surface area contributed by atoms with E-state index < -0.39 is 0 Å². The Bertz CT molecular complexity index is 388. The summed E-state index contributed by atoms with van der Waals surface area (Å²) in [6.07, 6.45) is 2.16. The van der Waals surface area contributed by atoms with Crippen molar-refractivity contribution in [3.05, 3.63) is 23.3 Å². The van der Waals surface area contributed by atoms with Crippen LogP contribution in [-0.2, 0) is 9.53 Å². The molecule has 3 aliphatic rings. The zero-order valence-corrected chi connectivity index (χ0v) is 10.6. The predicted octanol–water partition coefficient (Wildman–Crippen LogP) is 3.24. The highest BCUT2D eigenvalue weighted by atomic mass is 16.5. The average Bonchev–Trinajstić information content (AvgIpc) is 2.19. The number of fused-ring (bicyclic) bond motifs is 2. The number of hydrogen-bond acceptors (Lipinski definition) is 2. The van der Waals surface area contributed by atoms with Gasteiger partial charge in [0.15, 0.2) is 0 Å². The van der Waals surface area contributed by atoms with Gasteiger partial charge in [0, 0.05) is 5.57 Å². The lowest BCUT2D eigenvalue weighted by Crippen LogP contribution is -2.47. The summed E-state index contributed by atoms with van der Waals surface area (Å²) in [5.41, 5.74) is 3.57. The van der Waals surface area contributed by atoms with Crippen molar-refractivity contribution in [2.75, 3.05) is 0 Å². The highest BCUT2D eigenvalue weighted by Gasteiger charge is 2.50. The number of ether oxygens (including phenoxy) is 1. The molecule has 16 heavy (non-hydrogen) atoms. The third-order valence-corrected chi connectivity index (χ3v) is 4.30. The Labute approximate surface area is 97.4 Å².